The normalized spacial score (nSPS) is 19.4. The van der Waals surface area contributed by atoms with E-state index in [4.69, 9.17) is 9.47 Å². The summed E-state index contributed by atoms with van der Waals surface area (Å²) in [5, 5.41) is 3.18. The van der Waals surface area contributed by atoms with Crippen LogP contribution in [0.5, 0.6) is 0 Å². The zero-order chi connectivity index (χ0) is 19.1. The molecule has 0 amide bonds. The second-order valence-corrected chi connectivity index (χ2v) is 7.28. The molecule has 26 heavy (non-hydrogen) atoms. The van der Waals surface area contributed by atoms with Gasteiger partial charge in [-0.05, 0) is 46.5 Å². The fourth-order valence-corrected chi connectivity index (χ4v) is 4.26. The third-order valence-electron chi connectivity index (χ3n) is 5.46. The summed E-state index contributed by atoms with van der Waals surface area (Å²) in [6.07, 6.45) is 8.20. The molecule has 5 heteroatoms. The van der Waals surface area contributed by atoms with Crippen LogP contribution in [0.15, 0.2) is 22.5 Å². The minimum atomic E-state index is -0.333. The monoisotopic (exact) mass is 363 g/mol. The van der Waals surface area contributed by atoms with Crippen molar-refractivity contribution in [3.05, 3.63) is 22.5 Å². The van der Waals surface area contributed by atoms with Crippen LogP contribution in [0.3, 0.4) is 0 Å². The van der Waals surface area contributed by atoms with Gasteiger partial charge in [-0.1, -0.05) is 32.1 Å². The molecule has 1 aliphatic carbocycles. The summed E-state index contributed by atoms with van der Waals surface area (Å²) < 4.78 is 10.6. The summed E-state index contributed by atoms with van der Waals surface area (Å²) in [5.41, 5.74) is 2.72. The summed E-state index contributed by atoms with van der Waals surface area (Å²) in [6.45, 7) is 8.00. The van der Waals surface area contributed by atoms with Crippen LogP contribution < -0.4 is 5.32 Å². The molecule has 1 aliphatic heterocycles. The lowest BCUT2D eigenvalue weighted by atomic mass is 9.78. The highest BCUT2D eigenvalue weighted by molar-refractivity contribution is 5.97. The maximum atomic E-state index is 12.6. The SMILES string of the molecule is CCOC(=O)C1=C(C)NC(C)=C(C(=O)OCC)C1CCC1CCCCC1. The summed E-state index contributed by atoms with van der Waals surface area (Å²) in [5.74, 6) is -0.233. The minimum Gasteiger partial charge on any atom is -0.463 e. The molecular weight excluding hydrogens is 330 g/mol. The minimum absolute atomic E-state index is 0.253. The number of nitrogens with one attached hydrogen (secondary N) is 1. The molecule has 0 atom stereocenters. The van der Waals surface area contributed by atoms with Crippen LogP contribution in [0.4, 0.5) is 0 Å². The predicted molar refractivity (Wildman–Crippen MR) is 101 cm³/mol. The highest BCUT2D eigenvalue weighted by Gasteiger charge is 2.36. The highest BCUT2D eigenvalue weighted by Crippen LogP contribution is 2.37. The molecule has 1 N–H and O–H groups in total. The molecule has 0 spiro atoms. The summed E-state index contributed by atoms with van der Waals surface area (Å²) in [4.78, 5) is 25.2. The number of rotatable bonds is 7. The van der Waals surface area contributed by atoms with Gasteiger partial charge in [0, 0.05) is 17.3 Å². The largest absolute Gasteiger partial charge is 0.463 e. The number of ether oxygens (including phenoxy) is 2. The number of hydrogen-bond donors (Lipinski definition) is 1. The molecule has 1 heterocycles. The predicted octanol–water partition coefficient (Wildman–Crippen LogP) is 4.24. The fourth-order valence-electron chi connectivity index (χ4n) is 4.26. The number of hydrogen-bond acceptors (Lipinski definition) is 5. The van der Waals surface area contributed by atoms with Crippen LogP contribution in [-0.2, 0) is 19.1 Å². The van der Waals surface area contributed by atoms with Crippen molar-refractivity contribution in [2.45, 2.75) is 72.6 Å². The number of carbonyl (C=O) groups excluding carboxylic acids is 2. The van der Waals surface area contributed by atoms with Gasteiger partial charge in [-0.3, -0.25) is 0 Å². The van der Waals surface area contributed by atoms with Crippen molar-refractivity contribution in [3.8, 4) is 0 Å². The van der Waals surface area contributed by atoms with E-state index in [1.165, 1.54) is 32.1 Å². The van der Waals surface area contributed by atoms with Gasteiger partial charge < -0.3 is 14.8 Å². The van der Waals surface area contributed by atoms with E-state index >= 15 is 0 Å². The van der Waals surface area contributed by atoms with E-state index < -0.39 is 0 Å². The van der Waals surface area contributed by atoms with E-state index in [1.54, 1.807) is 13.8 Å². The summed E-state index contributed by atoms with van der Waals surface area (Å²) >= 11 is 0. The first-order valence-electron chi connectivity index (χ1n) is 10.0. The third kappa shape index (κ3) is 4.89. The quantitative estimate of drug-likeness (QED) is 0.685. The van der Waals surface area contributed by atoms with Crippen molar-refractivity contribution in [1.82, 2.24) is 5.32 Å². The van der Waals surface area contributed by atoms with Crippen molar-refractivity contribution in [3.63, 3.8) is 0 Å². The lowest BCUT2D eigenvalue weighted by molar-refractivity contribution is -0.140. The molecule has 0 aromatic carbocycles. The molecule has 0 unspecified atom stereocenters. The van der Waals surface area contributed by atoms with Gasteiger partial charge in [0.05, 0.1) is 24.4 Å². The number of dihydropyridines is 1. The first kappa shape index (κ1) is 20.5. The average molecular weight is 363 g/mol. The Kier molecular flexibility index (Phi) is 7.73. The van der Waals surface area contributed by atoms with Crippen LogP contribution in [0.2, 0.25) is 0 Å². The van der Waals surface area contributed by atoms with E-state index in [2.05, 4.69) is 5.32 Å². The van der Waals surface area contributed by atoms with Crippen molar-refractivity contribution >= 4 is 11.9 Å². The average Bonchev–Trinajstić information content (AvgIpc) is 2.60. The second-order valence-electron chi connectivity index (χ2n) is 7.28. The molecule has 5 nitrogen and oxygen atoms in total. The first-order valence-corrected chi connectivity index (χ1v) is 10.0. The Bertz CT molecular complexity index is 545. The molecule has 0 saturated heterocycles. The smallest absolute Gasteiger partial charge is 0.336 e. The molecule has 146 valence electrons. The maximum Gasteiger partial charge on any atom is 0.336 e. The van der Waals surface area contributed by atoms with Crippen LogP contribution in [-0.4, -0.2) is 25.2 Å². The van der Waals surface area contributed by atoms with Gasteiger partial charge in [0.1, 0.15) is 0 Å². The fraction of sp³-hybridized carbons (Fsp3) is 0.714. The van der Waals surface area contributed by atoms with Gasteiger partial charge in [-0.15, -0.1) is 0 Å². The number of esters is 2. The van der Waals surface area contributed by atoms with Gasteiger partial charge in [-0.2, -0.15) is 0 Å². The molecular formula is C21H33NO4. The maximum absolute atomic E-state index is 12.6. The standard InChI is InChI=1S/C21H33NO4/c1-5-25-20(23)18-14(3)22-15(4)19(21(24)26-6-2)17(18)13-12-16-10-8-7-9-11-16/h16-17,22H,5-13H2,1-4H3. The molecule has 0 radical (unpaired) electrons. The van der Waals surface area contributed by atoms with Gasteiger partial charge in [0.15, 0.2) is 0 Å². The Hall–Kier alpha value is -1.78. The van der Waals surface area contributed by atoms with Crippen LogP contribution >= 0.6 is 0 Å². The lowest BCUT2D eigenvalue weighted by Gasteiger charge is -2.31. The molecule has 0 aromatic heterocycles. The van der Waals surface area contributed by atoms with E-state index in [1.807, 2.05) is 13.8 Å². The highest BCUT2D eigenvalue weighted by atomic mass is 16.5. The van der Waals surface area contributed by atoms with Crippen molar-refractivity contribution < 1.29 is 19.1 Å². The zero-order valence-corrected chi connectivity index (χ0v) is 16.7. The summed E-state index contributed by atoms with van der Waals surface area (Å²) in [7, 11) is 0. The van der Waals surface area contributed by atoms with E-state index in [0.29, 0.717) is 30.3 Å². The Morgan fingerprint density at radius 3 is 1.85 bits per heavy atom. The molecule has 2 rings (SSSR count). The van der Waals surface area contributed by atoms with E-state index in [0.717, 1.165) is 24.2 Å². The Morgan fingerprint density at radius 2 is 1.38 bits per heavy atom. The van der Waals surface area contributed by atoms with Crippen molar-refractivity contribution in [2.24, 2.45) is 11.8 Å². The van der Waals surface area contributed by atoms with Crippen molar-refractivity contribution in [1.29, 1.82) is 0 Å². The topological polar surface area (TPSA) is 64.6 Å². The van der Waals surface area contributed by atoms with Crippen molar-refractivity contribution in [2.75, 3.05) is 13.2 Å². The Balaban J connectivity index is 2.27. The molecule has 1 fully saturated rings. The Labute approximate surface area is 157 Å². The van der Waals surface area contributed by atoms with Gasteiger partial charge in [0.25, 0.3) is 0 Å². The van der Waals surface area contributed by atoms with Crippen LogP contribution in [0.1, 0.15) is 72.6 Å². The second kappa shape index (κ2) is 9.79. The van der Waals surface area contributed by atoms with Crippen LogP contribution in [0.25, 0.3) is 0 Å². The van der Waals surface area contributed by atoms with Crippen LogP contribution in [0, 0.1) is 11.8 Å². The Morgan fingerprint density at radius 1 is 0.885 bits per heavy atom. The molecule has 1 saturated carbocycles. The zero-order valence-electron chi connectivity index (χ0n) is 16.7. The van der Waals surface area contributed by atoms with E-state index in [9.17, 15) is 9.59 Å². The van der Waals surface area contributed by atoms with Gasteiger partial charge in [-0.25, -0.2) is 9.59 Å². The van der Waals surface area contributed by atoms with E-state index in [-0.39, 0.29) is 17.9 Å². The third-order valence-corrected chi connectivity index (χ3v) is 5.46. The summed E-state index contributed by atoms with van der Waals surface area (Å²) in [6, 6.07) is 0. The van der Waals surface area contributed by atoms with Gasteiger partial charge in [0.2, 0.25) is 0 Å². The lowest BCUT2D eigenvalue weighted by Crippen LogP contribution is -2.34. The number of carbonyl (C=O) groups is 2. The molecule has 0 bridgehead atoms. The molecule has 0 aromatic rings. The van der Waals surface area contributed by atoms with Gasteiger partial charge >= 0.3 is 11.9 Å². The number of allylic oxidation sites excluding steroid dienone is 2. The first-order chi connectivity index (χ1) is 12.5. The molecule has 2 aliphatic rings.